The van der Waals surface area contributed by atoms with Crippen molar-refractivity contribution >= 4 is 11.9 Å². The highest BCUT2D eigenvalue weighted by atomic mass is 19.4. The number of nitrogens with two attached hydrogens (primary N) is 1. The van der Waals surface area contributed by atoms with Crippen molar-refractivity contribution in [3.63, 3.8) is 0 Å². The van der Waals surface area contributed by atoms with Gasteiger partial charge in [0.1, 0.15) is 0 Å². The zero-order valence-corrected chi connectivity index (χ0v) is 11.5. The van der Waals surface area contributed by atoms with Crippen LogP contribution in [0.5, 0.6) is 0 Å². The lowest BCUT2D eigenvalue weighted by Gasteiger charge is -2.32. The summed E-state index contributed by atoms with van der Waals surface area (Å²) in [5.74, 6) is -2.56. The summed E-state index contributed by atoms with van der Waals surface area (Å²) >= 11 is 0. The molecule has 116 valence electrons. The number of hydrogen-bond donors (Lipinski definition) is 2. The van der Waals surface area contributed by atoms with Crippen LogP contribution in [0.4, 0.5) is 13.2 Å². The maximum absolute atomic E-state index is 13.0. The molecule has 0 saturated carbocycles. The fourth-order valence-electron chi connectivity index (χ4n) is 2.38. The van der Waals surface area contributed by atoms with Crippen molar-refractivity contribution in [3.8, 4) is 0 Å². The van der Waals surface area contributed by atoms with Gasteiger partial charge in [-0.05, 0) is 19.3 Å². The third kappa shape index (κ3) is 2.48. The summed E-state index contributed by atoms with van der Waals surface area (Å²) in [6, 6.07) is 0. The third-order valence-electron chi connectivity index (χ3n) is 4.20. The van der Waals surface area contributed by atoms with E-state index in [0.29, 0.717) is 0 Å². The molecule has 1 atom stereocenters. The number of aliphatic carboxylic acids is 1. The normalized spacial score (nSPS) is 24.0. The van der Waals surface area contributed by atoms with E-state index in [1.807, 2.05) is 0 Å². The number of carboxylic acid groups (broad SMARTS) is 1. The van der Waals surface area contributed by atoms with Gasteiger partial charge in [-0.1, -0.05) is 13.8 Å². The van der Waals surface area contributed by atoms with E-state index in [1.54, 1.807) is 13.8 Å². The van der Waals surface area contributed by atoms with E-state index in [1.165, 1.54) is 0 Å². The Kier molecular flexibility index (Phi) is 4.38. The van der Waals surface area contributed by atoms with Crippen molar-refractivity contribution in [2.24, 2.45) is 11.1 Å². The lowest BCUT2D eigenvalue weighted by Crippen LogP contribution is -2.55. The Morgan fingerprint density at radius 3 is 2.10 bits per heavy atom. The minimum absolute atomic E-state index is 0.246. The number of rotatable bonds is 4. The number of carbonyl (C=O) groups is 2. The molecule has 1 aliphatic rings. The fraction of sp³-hybridized carbons (Fsp3) is 0.833. The Morgan fingerprint density at radius 2 is 1.80 bits per heavy atom. The first-order chi connectivity index (χ1) is 9.04. The van der Waals surface area contributed by atoms with Crippen molar-refractivity contribution in [2.75, 3.05) is 13.1 Å². The monoisotopic (exact) mass is 296 g/mol. The molecular weight excluding hydrogens is 277 g/mol. The Hall–Kier alpha value is -1.31. The topological polar surface area (TPSA) is 83.6 Å². The number of halogens is 3. The smallest absolute Gasteiger partial charge is 0.406 e. The number of amides is 1. The molecule has 0 aromatic carbocycles. The fourth-order valence-corrected chi connectivity index (χ4v) is 2.38. The van der Waals surface area contributed by atoms with Gasteiger partial charge in [0.2, 0.25) is 5.91 Å². The van der Waals surface area contributed by atoms with E-state index >= 15 is 0 Å². The number of hydrogen-bond acceptors (Lipinski definition) is 3. The molecule has 1 amide bonds. The van der Waals surface area contributed by atoms with Gasteiger partial charge in [-0.3, -0.25) is 9.59 Å². The Morgan fingerprint density at radius 1 is 1.30 bits per heavy atom. The van der Waals surface area contributed by atoms with Gasteiger partial charge in [-0.2, -0.15) is 13.2 Å². The van der Waals surface area contributed by atoms with Gasteiger partial charge in [-0.25, -0.2) is 0 Å². The molecule has 3 N–H and O–H groups in total. The molecule has 5 nitrogen and oxygen atoms in total. The van der Waals surface area contributed by atoms with Gasteiger partial charge in [-0.15, -0.1) is 0 Å². The van der Waals surface area contributed by atoms with E-state index in [-0.39, 0.29) is 19.4 Å². The predicted molar refractivity (Wildman–Crippen MR) is 64.8 cm³/mol. The minimum Gasteiger partial charge on any atom is -0.481 e. The maximum atomic E-state index is 13.0. The molecule has 0 aliphatic carbocycles. The molecule has 1 fully saturated rings. The molecule has 1 saturated heterocycles. The van der Waals surface area contributed by atoms with Crippen LogP contribution in [0.3, 0.4) is 0 Å². The molecule has 0 aromatic rings. The lowest BCUT2D eigenvalue weighted by atomic mass is 9.86. The van der Waals surface area contributed by atoms with Gasteiger partial charge in [0.25, 0.3) is 0 Å². The van der Waals surface area contributed by atoms with E-state index in [4.69, 9.17) is 10.8 Å². The van der Waals surface area contributed by atoms with Crippen LogP contribution in [-0.2, 0) is 9.59 Å². The average molecular weight is 296 g/mol. The van der Waals surface area contributed by atoms with Crippen molar-refractivity contribution < 1.29 is 27.9 Å². The summed E-state index contributed by atoms with van der Waals surface area (Å²) in [7, 11) is 0. The first-order valence-corrected chi connectivity index (χ1v) is 6.42. The summed E-state index contributed by atoms with van der Waals surface area (Å²) in [5, 5.41) is 8.93. The highest BCUT2D eigenvalue weighted by molar-refractivity contribution is 5.87. The molecule has 1 aliphatic heterocycles. The number of likely N-dealkylation sites (tertiary alicyclic amines) is 1. The highest BCUT2D eigenvalue weighted by Crippen LogP contribution is 2.46. The Balaban J connectivity index is 3.01. The third-order valence-corrected chi connectivity index (χ3v) is 4.20. The van der Waals surface area contributed by atoms with Crippen LogP contribution < -0.4 is 5.73 Å². The van der Waals surface area contributed by atoms with Gasteiger partial charge < -0.3 is 15.7 Å². The lowest BCUT2D eigenvalue weighted by molar-refractivity contribution is -0.227. The van der Waals surface area contributed by atoms with Crippen molar-refractivity contribution in [1.82, 2.24) is 4.90 Å². The predicted octanol–water partition coefficient (Wildman–Crippen LogP) is 1.37. The first kappa shape index (κ1) is 16.7. The van der Waals surface area contributed by atoms with Crippen molar-refractivity contribution in [1.29, 1.82) is 0 Å². The summed E-state index contributed by atoms with van der Waals surface area (Å²) in [6.45, 7) is 2.23. The number of alkyl halides is 3. The van der Waals surface area contributed by atoms with Crippen LogP contribution in [0.25, 0.3) is 0 Å². The standard InChI is InChI=1S/C12H19F3N2O3/c1-3-11(16,4-2)8(18)17-6-5-10(7-17,9(19)20)12(13,14)15/h3-7,16H2,1-2H3,(H,19,20). The highest BCUT2D eigenvalue weighted by Gasteiger charge is 2.64. The molecule has 1 heterocycles. The first-order valence-electron chi connectivity index (χ1n) is 6.42. The van der Waals surface area contributed by atoms with Crippen LogP contribution in [0.1, 0.15) is 33.1 Å². The second kappa shape index (κ2) is 5.23. The molecular formula is C12H19F3N2O3. The molecule has 0 radical (unpaired) electrons. The van der Waals surface area contributed by atoms with E-state index in [9.17, 15) is 22.8 Å². The summed E-state index contributed by atoms with van der Waals surface area (Å²) in [4.78, 5) is 24.2. The Bertz CT molecular complexity index is 407. The number of carbonyl (C=O) groups excluding carboxylic acids is 1. The van der Waals surface area contributed by atoms with Gasteiger partial charge in [0.15, 0.2) is 5.41 Å². The van der Waals surface area contributed by atoms with Gasteiger partial charge in [0.05, 0.1) is 5.54 Å². The maximum Gasteiger partial charge on any atom is 0.406 e. The largest absolute Gasteiger partial charge is 0.481 e. The Labute approximate surface area is 114 Å². The summed E-state index contributed by atoms with van der Waals surface area (Å²) in [6.07, 6.45) is -4.97. The zero-order valence-electron chi connectivity index (χ0n) is 11.5. The second-order valence-electron chi connectivity index (χ2n) is 5.22. The molecule has 8 heteroatoms. The molecule has 20 heavy (non-hydrogen) atoms. The van der Waals surface area contributed by atoms with Crippen molar-refractivity contribution in [3.05, 3.63) is 0 Å². The zero-order chi connectivity index (χ0) is 15.8. The van der Waals surface area contributed by atoms with Crippen LogP contribution in [0.2, 0.25) is 0 Å². The molecule has 0 spiro atoms. The van der Waals surface area contributed by atoms with Crippen molar-refractivity contribution in [2.45, 2.75) is 44.8 Å². The SMILES string of the molecule is CCC(N)(CC)C(=O)N1CCC(C(=O)O)(C(F)(F)F)C1. The van der Waals surface area contributed by atoms with Gasteiger partial charge >= 0.3 is 12.1 Å². The summed E-state index contributed by atoms with van der Waals surface area (Å²) in [5.41, 5.74) is 1.75. The quantitative estimate of drug-likeness (QED) is 0.820. The number of carboxylic acids is 1. The number of nitrogens with zero attached hydrogens (tertiary/aromatic N) is 1. The summed E-state index contributed by atoms with van der Waals surface area (Å²) < 4.78 is 39.0. The average Bonchev–Trinajstić information content (AvgIpc) is 2.82. The van der Waals surface area contributed by atoms with Crippen LogP contribution in [0, 0.1) is 5.41 Å². The van der Waals surface area contributed by atoms with E-state index < -0.39 is 42.0 Å². The molecule has 1 rings (SSSR count). The second-order valence-corrected chi connectivity index (χ2v) is 5.22. The van der Waals surface area contributed by atoms with Gasteiger partial charge in [0, 0.05) is 13.1 Å². The van der Waals surface area contributed by atoms with E-state index in [0.717, 1.165) is 4.90 Å². The molecule has 0 aromatic heterocycles. The van der Waals surface area contributed by atoms with Crippen LogP contribution >= 0.6 is 0 Å². The minimum atomic E-state index is -4.90. The van der Waals surface area contributed by atoms with Crippen LogP contribution in [0.15, 0.2) is 0 Å². The molecule has 1 unspecified atom stereocenters. The van der Waals surface area contributed by atoms with E-state index in [2.05, 4.69) is 0 Å². The van der Waals surface area contributed by atoms with Crippen LogP contribution in [-0.4, -0.2) is 46.7 Å². The molecule has 0 bridgehead atoms.